The maximum absolute atomic E-state index is 14.3. The number of nitrogens with zero attached hydrogens (tertiary/aromatic N) is 4. The Morgan fingerprint density at radius 1 is 0.614 bits per heavy atom. The largest absolute Gasteiger partial charge is 0.289 e. The minimum Gasteiger partial charge on any atom is -0.289 e. The van der Waals surface area contributed by atoms with E-state index in [4.69, 9.17) is 6.57 Å². The molecule has 6 aromatic rings. The monoisotopic (exact) mass is 786 g/mol. The molecule has 12 heteroatoms. The Morgan fingerprint density at radius 3 is 1.46 bits per heavy atom. The topological polar surface area (TPSA) is 110 Å². The summed E-state index contributed by atoms with van der Waals surface area (Å²) >= 11 is 2.75. The van der Waals surface area contributed by atoms with Crippen molar-refractivity contribution in [2.45, 2.75) is 19.3 Å². The second-order valence-corrected chi connectivity index (χ2v) is 16.3. The van der Waals surface area contributed by atoms with E-state index in [1.165, 1.54) is 22.7 Å². The van der Waals surface area contributed by atoms with E-state index >= 15 is 0 Å². The van der Waals surface area contributed by atoms with E-state index in [0.717, 1.165) is 66.7 Å². The molecular formula is C45H18F4N4O2S2. The summed E-state index contributed by atoms with van der Waals surface area (Å²) < 4.78 is 58.7. The van der Waals surface area contributed by atoms with E-state index in [-0.39, 0.29) is 44.5 Å². The Balaban J connectivity index is 1.14. The fraction of sp³-hybridized carbons (Fsp3) is 0.0667. The lowest BCUT2D eigenvalue weighted by Crippen LogP contribution is -2.14. The lowest BCUT2D eigenvalue weighted by Gasteiger charge is -2.21. The zero-order chi connectivity index (χ0) is 40.2. The quantitative estimate of drug-likeness (QED) is 0.0751. The number of nitriles is 3. The third-order valence-corrected chi connectivity index (χ3v) is 12.8. The van der Waals surface area contributed by atoms with Crippen LogP contribution in [0.2, 0.25) is 0 Å². The van der Waals surface area contributed by atoms with E-state index in [9.17, 15) is 42.9 Å². The molecule has 2 heterocycles. The number of thiophene rings is 2. The smallest absolute Gasteiger partial charge is 0.270 e. The lowest BCUT2D eigenvalue weighted by molar-refractivity contribution is 0.103. The molecule has 0 bridgehead atoms. The third kappa shape index (κ3) is 5.09. The molecule has 0 aliphatic heterocycles. The van der Waals surface area contributed by atoms with E-state index in [2.05, 4.69) is 43.0 Å². The Hall–Kier alpha value is -7.22. The summed E-state index contributed by atoms with van der Waals surface area (Å²) in [5.41, 5.74) is 2.45. The van der Waals surface area contributed by atoms with Crippen LogP contribution in [-0.4, -0.2) is 11.6 Å². The first kappa shape index (κ1) is 35.5. The number of carbonyl (C=O) groups is 2. The second kappa shape index (κ2) is 12.4. The number of halogens is 4. The van der Waals surface area contributed by atoms with Crippen molar-refractivity contribution in [1.29, 1.82) is 15.8 Å². The van der Waals surface area contributed by atoms with Gasteiger partial charge in [0.1, 0.15) is 17.7 Å². The predicted octanol–water partition coefficient (Wildman–Crippen LogP) is 11.5. The highest BCUT2D eigenvalue weighted by Crippen LogP contribution is 2.53. The first-order chi connectivity index (χ1) is 27.3. The Kier molecular flexibility index (Phi) is 7.72. The van der Waals surface area contributed by atoms with Crippen LogP contribution in [0.25, 0.3) is 59.4 Å². The molecule has 0 radical (unpaired) electrons. The van der Waals surface area contributed by atoms with E-state index < -0.39 is 51.5 Å². The molecule has 0 saturated heterocycles. The van der Waals surface area contributed by atoms with Gasteiger partial charge in [0.15, 0.2) is 34.8 Å². The SMILES string of the molecule is [C-]#[N+]C(C#N)=C1/C(=C/c2cc3cc4c(cc3s2)-c2cc3sc(/C=C5\C(=O)c6cc(F)c(F)cc6C5=C(C#N)C#N)cc3cc2C4(C)C)C(=O)c2cc(F)c(F)cc21. The van der Waals surface area contributed by atoms with Gasteiger partial charge in [0.25, 0.3) is 5.70 Å². The molecular weight excluding hydrogens is 769 g/mol. The van der Waals surface area contributed by atoms with Gasteiger partial charge < -0.3 is 0 Å². The van der Waals surface area contributed by atoms with Crippen LogP contribution in [0.1, 0.15) is 66.6 Å². The van der Waals surface area contributed by atoms with E-state index in [0.29, 0.717) is 9.75 Å². The molecule has 0 spiro atoms. The Bertz CT molecular complexity index is 3040. The number of Topliss-reactive ketones (excluding diaryl/α,β-unsaturated/α-hetero) is 2. The number of benzene rings is 4. The number of rotatable bonds is 2. The summed E-state index contributed by atoms with van der Waals surface area (Å²) in [5.74, 6) is -6.07. The molecule has 6 nitrogen and oxygen atoms in total. The maximum atomic E-state index is 14.3. The van der Waals surface area contributed by atoms with Crippen molar-refractivity contribution in [1.82, 2.24) is 0 Å². The van der Waals surface area contributed by atoms with Crippen molar-refractivity contribution in [2.75, 3.05) is 0 Å². The first-order valence-corrected chi connectivity index (χ1v) is 18.7. The normalized spacial score (nSPS) is 17.0. The van der Waals surface area contributed by atoms with Crippen molar-refractivity contribution in [2.24, 2.45) is 0 Å². The molecule has 2 aromatic heterocycles. The number of hydrogen-bond donors (Lipinski definition) is 0. The standard InChI is InChI=1S/C45H18F4N4O2S2/c1-45(2)32-6-19-4-22(8-30-41(21(16-50)17-51)26-10-34(46)36(48)12-28(26)43(30)54)56-39(19)14-24(32)25-15-40-20(7-33(25)45)5-23(57-40)9-31-42(38(18-52)53-3)27-11-35(47)37(49)13-29(27)44(31)55/h4-15H,1-2H3/b30-8-,31-9-,42-38?. The predicted molar refractivity (Wildman–Crippen MR) is 209 cm³/mol. The first-order valence-electron chi connectivity index (χ1n) is 17.0. The van der Waals surface area contributed by atoms with Gasteiger partial charge in [-0.3, -0.25) is 9.59 Å². The van der Waals surface area contributed by atoms with Gasteiger partial charge in [-0.1, -0.05) is 13.8 Å². The Morgan fingerprint density at radius 2 is 1.04 bits per heavy atom. The summed E-state index contributed by atoms with van der Waals surface area (Å²) in [5, 5.41) is 30.9. The molecule has 0 amide bonds. The van der Waals surface area contributed by atoms with Gasteiger partial charge in [-0.25, -0.2) is 27.7 Å². The third-order valence-electron chi connectivity index (χ3n) is 10.7. The molecule has 0 N–H and O–H groups in total. The van der Waals surface area contributed by atoms with Crippen LogP contribution in [0, 0.1) is 63.8 Å². The second-order valence-electron chi connectivity index (χ2n) is 14.1. The van der Waals surface area contributed by atoms with Crippen molar-refractivity contribution in [3.05, 3.63) is 161 Å². The van der Waals surface area contributed by atoms with E-state index in [1.807, 2.05) is 12.1 Å². The van der Waals surface area contributed by atoms with Crippen LogP contribution >= 0.6 is 22.7 Å². The van der Waals surface area contributed by atoms with Gasteiger partial charge in [0, 0.05) is 58.0 Å². The summed E-state index contributed by atoms with van der Waals surface area (Å²) in [6, 6.07) is 20.7. The molecule has 3 aliphatic rings. The average Bonchev–Trinajstić information content (AvgIpc) is 3.95. The minimum absolute atomic E-state index is 0.000207. The van der Waals surface area contributed by atoms with Gasteiger partial charge in [-0.15, -0.1) is 22.7 Å². The molecule has 57 heavy (non-hydrogen) atoms. The van der Waals surface area contributed by atoms with Crippen LogP contribution in [0.5, 0.6) is 0 Å². The molecule has 0 saturated carbocycles. The van der Waals surface area contributed by atoms with Crippen LogP contribution < -0.4 is 0 Å². The fourth-order valence-corrected chi connectivity index (χ4v) is 10.1. The number of allylic oxidation sites excluding steroid dienone is 6. The molecule has 9 rings (SSSR count). The zero-order valence-electron chi connectivity index (χ0n) is 29.4. The van der Waals surface area contributed by atoms with Crippen molar-refractivity contribution in [3.8, 4) is 29.3 Å². The van der Waals surface area contributed by atoms with Gasteiger partial charge >= 0.3 is 0 Å². The minimum atomic E-state index is -1.21. The van der Waals surface area contributed by atoms with Gasteiger partial charge in [-0.05, 0) is 117 Å². The number of hydrogen-bond acceptors (Lipinski definition) is 7. The molecule has 0 fully saturated rings. The molecule has 3 aliphatic carbocycles. The van der Waals surface area contributed by atoms with Gasteiger partial charge in [-0.2, -0.15) is 10.5 Å². The van der Waals surface area contributed by atoms with Crippen LogP contribution in [-0.2, 0) is 5.41 Å². The van der Waals surface area contributed by atoms with Crippen LogP contribution in [0.4, 0.5) is 17.6 Å². The number of fused-ring (bicyclic) bond motifs is 7. The summed E-state index contributed by atoms with van der Waals surface area (Å²) in [7, 11) is 0. The van der Waals surface area contributed by atoms with Crippen LogP contribution in [0.15, 0.2) is 83.1 Å². The fourth-order valence-electron chi connectivity index (χ4n) is 8.03. The summed E-state index contributed by atoms with van der Waals surface area (Å²) in [4.78, 5) is 31.5. The highest BCUT2D eigenvalue weighted by Gasteiger charge is 2.38. The summed E-state index contributed by atoms with van der Waals surface area (Å²) in [6.45, 7) is 11.7. The highest BCUT2D eigenvalue weighted by molar-refractivity contribution is 7.20. The van der Waals surface area contributed by atoms with E-state index in [1.54, 1.807) is 30.4 Å². The molecule has 0 atom stereocenters. The molecule has 4 aromatic carbocycles. The molecule has 0 unspecified atom stereocenters. The molecule has 270 valence electrons. The number of carbonyl (C=O) groups excluding carboxylic acids is 2. The van der Waals surface area contributed by atoms with Crippen molar-refractivity contribution >= 4 is 77.7 Å². The Labute approximate surface area is 328 Å². The zero-order valence-corrected chi connectivity index (χ0v) is 31.0. The van der Waals surface area contributed by atoms with Gasteiger partial charge in [0.05, 0.1) is 12.6 Å². The van der Waals surface area contributed by atoms with Crippen molar-refractivity contribution in [3.63, 3.8) is 0 Å². The highest BCUT2D eigenvalue weighted by atomic mass is 32.1. The lowest BCUT2D eigenvalue weighted by atomic mass is 9.82. The number of ketones is 2. The van der Waals surface area contributed by atoms with Gasteiger partial charge in [0.2, 0.25) is 0 Å². The van der Waals surface area contributed by atoms with Crippen LogP contribution in [0.3, 0.4) is 0 Å². The summed E-state index contributed by atoms with van der Waals surface area (Å²) in [6.07, 6.45) is 3.09. The maximum Gasteiger partial charge on any atom is 0.270 e. The average molecular weight is 787 g/mol. The van der Waals surface area contributed by atoms with Crippen molar-refractivity contribution < 1.29 is 27.2 Å².